The van der Waals surface area contributed by atoms with Crippen LogP contribution in [0.5, 0.6) is 0 Å². The van der Waals surface area contributed by atoms with Gasteiger partial charge in [0, 0.05) is 11.6 Å². The summed E-state index contributed by atoms with van der Waals surface area (Å²) in [5.74, 6) is -0.398. The molecule has 2 rings (SSSR count). The molecule has 0 spiro atoms. The molecular weight excluding hydrogens is 254 g/mol. The first-order valence-corrected chi connectivity index (χ1v) is 6.59. The zero-order valence-electron chi connectivity index (χ0n) is 11.6. The molecule has 4 heteroatoms. The molecule has 104 valence electrons. The van der Waals surface area contributed by atoms with E-state index in [1.807, 2.05) is 31.2 Å². The van der Waals surface area contributed by atoms with Crippen LogP contribution in [-0.4, -0.2) is 24.2 Å². The Bertz CT molecular complexity index is 635. The molecule has 1 aromatic carbocycles. The van der Waals surface area contributed by atoms with Crippen LogP contribution in [0.4, 0.5) is 0 Å². The summed E-state index contributed by atoms with van der Waals surface area (Å²) in [5, 5.41) is 1.92. The third-order valence-electron chi connectivity index (χ3n) is 2.75. The molecule has 0 saturated heterocycles. The largest absolute Gasteiger partial charge is 0.501 e. The van der Waals surface area contributed by atoms with Gasteiger partial charge in [0.1, 0.15) is 5.69 Å². The summed E-state index contributed by atoms with van der Waals surface area (Å²) in [7, 11) is 0. The number of benzene rings is 1. The van der Waals surface area contributed by atoms with Gasteiger partial charge in [0.05, 0.1) is 19.5 Å². The number of carbonyl (C=O) groups is 1. The van der Waals surface area contributed by atoms with Crippen LogP contribution in [0.25, 0.3) is 16.8 Å². The van der Waals surface area contributed by atoms with E-state index in [2.05, 4.69) is 4.98 Å². The number of hydrogen-bond donors (Lipinski definition) is 0. The van der Waals surface area contributed by atoms with E-state index in [0.29, 0.717) is 18.9 Å². The highest BCUT2D eigenvalue weighted by molar-refractivity contribution is 5.93. The van der Waals surface area contributed by atoms with Crippen molar-refractivity contribution in [3.8, 4) is 0 Å². The average Bonchev–Trinajstić information content (AvgIpc) is 2.47. The number of hydrogen-bond acceptors (Lipinski definition) is 4. The van der Waals surface area contributed by atoms with Gasteiger partial charge in [0.15, 0.2) is 0 Å². The highest BCUT2D eigenvalue weighted by Gasteiger charge is 2.08. The number of esters is 1. The predicted molar refractivity (Wildman–Crippen MR) is 78.4 cm³/mol. The van der Waals surface area contributed by atoms with Crippen molar-refractivity contribution in [2.24, 2.45) is 0 Å². The van der Waals surface area contributed by atoms with Crippen LogP contribution < -0.4 is 0 Å². The van der Waals surface area contributed by atoms with Crippen LogP contribution >= 0.6 is 0 Å². The molecule has 4 nitrogen and oxygen atoms in total. The molecule has 0 amide bonds. The quantitative estimate of drug-likeness (QED) is 0.617. The minimum absolute atomic E-state index is 0.324. The van der Waals surface area contributed by atoms with E-state index in [9.17, 15) is 4.79 Å². The lowest BCUT2D eigenvalue weighted by Crippen LogP contribution is -2.06. The third kappa shape index (κ3) is 3.35. The fourth-order valence-electron chi connectivity index (χ4n) is 1.80. The number of aromatic nitrogens is 1. The Balaban J connectivity index is 2.32. The van der Waals surface area contributed by atoms with Crippen molar-refractivity contribution in [3.63, 3.8) is 0 Å². The smallest absolute Gasteiger partial charge is 0.356 e. The summed E-state index contributed by atoms with van der Waals surface area (Å²) in [6.45, 7) is 4.69. The maximum absolute atomic E-state index is 11.7. The Labute approximate surface area is 118 Å². The standard InChI is InChI=1S/C16H17NO3/c1-3-19-8-7-12-5-6-13-11-17-15(10-14(13)9-12)16(18)20-4-2/h5-11H,3-4H2,1-2H3/b8-7+. The molecule has 0 radical (unpaired) electrons. The number of rotatable bonds is 5. The molecular formula is C16H17NO3. The fourth-order valence-corrected chi connectivity index (χ4v) is 1.80. The van der Waals surface area contributed by atoms with Gasteiger partial charge in [-0.25, -0.2) is 9.78 Å². The van der Waals surface area contributed by atoms with E-state index in [-0.39, 0.29) is 0 Å². The number of pyridine rings is 1. The maximum atomic E-state index is 11.7. The Kier molecular flexibility index (Phi) is 4.71. The molecule has 0 aliphatic carbocycles. The fraction of sp³-hybridized carbons (Fsp3) is 0.250. The number of carbonyl (C=O) groups excluding carboxylic acids is 1. The minimum atomic E-state index is -0.398. The Morgan fingerprint density at radius 1 is 1.20 bits per heavy atom. The lowest BCUT2D eigenvalue weighted by Gasteiger charge is -2.04. The van der Waals surface area contributed by atoms with Gasteiger partial charge in [-0.3, -0.25) is 0 Å². The lowest BCUT2D eigenvalue weighted by molar-refractivity contribution is 0.0519. The lowest BCUT2D eigenvalue weighted by atomic mass is 10.1. The normalized spacial score (nSPS) is 10.9. The van der Waals surface area contributed by atoms with E-state index in [1.54, 1.807) is 25.4 Å². The van der Waals surface area contributed by atoms with E-state index < -0.39 is 5.97 Å². The summed E-state index contributed by atoms with van der Waals surface area (Å²) < 4.78 is 10.1. The highest BCUT2D eigenvalue weighted by atomic mass is 16.5. The van der Waals surface area contributed by atoms with Crippen LogP contribution in [0.1, 0.15) is 29.9 Å². The van der Waals surface area contributed by atoms with Gasteiger partial charge >= 0.3 is 5.97 Å². The Morgan fingerprint density at radius 3 is 2.80 bits per heavy atom. The van der Waals surface area contributed by atoms with Crippen molar-refractivity contribution in [2.75, 3.05) is 13.2 Å². The summed E-state index contributed by atoms with van der Waals surface area (Å²) in [6, 6.07) is 7.66. The molecule has 1 heterocycles. The van der Waals surface area contributed by atoms with Crippen molar-refractivity contribution in [1.29, 1.82) is 0 Å². The van der Waals surface area contributed by atoms with Crippen LogP contribution in [0.3, 0.4) is 0 Å². The van der Waals surface area contributed by atoms with Gasteiger partial charge in [0.25, 0.3) is 0 Å². The SMILES string of the molecule is CCO/C=C/c1ccc2cnc(C(=O)OCC)cc2c1. The molecule has 1 aromatic heterocycles. The topological polar surface area (TPSA) is 48.4 Å². The molecule has 0 N–H and O–H groups in total. The summed E-state index contributed by atoms with van der Waals surface area (Å²) >= 11 is 0. The van der Waals surface area contributed by atoms with Crippen LogP contribution in [-0.2, 0) is 9.47 Å². The van der Waals surface area contributed by atoms with Crippen molar-refractivity contribution in [2.45, 2.75) is 13.8 Å². The Morgan fingerprint density at radius 2 is 2.05 bits per heavy atom. The second-order valence-corrected chi connectivity index (χ2v) is 4.15. The molecule has 20 heavy (non-hydrogen) atoms. The zero-order chi connectivity index (χ0) is 14.4. The van der Waals surface area contributed by atoms with E-state index in [4.69, 9.17) is 9.47 Å². The Hall–Kier alpha value is -2.36. The highest BCUT2D eigenvalue weighted by Crippen LogP contribution is 2.17. The number of nitrogens with zero attached hydrogens (tertiary/aromatic N) is 1. The summed E-state index contributed by atoms with van der Waals surface area (Å²) in [4.78, 5) is 15.8. The van der Waals surface area contributed by atoms with Crippen molar-refractivity contribution >= 4 is 22.8 Å². The number of ether oxygens (including phenoxy) is 2. The van der Waals surface area contributed by atoms with Gasteiger partial charge in [0.2, 0.25) is 0 Å². The van der Waals surface area contributed by atoms with E-state index in [0.717, 1.165) is 16.3 Å². The molecule has 0 fully saturated rings. The molecule has 0 aliphatic heterocycles. The van der Waals surface area contributed by atoms with Crippen molar-refractivity contribution in [3.05, 3.63) is 48.0 Å². The first kappa shape index (κ1) is 14.1. The van der Waals surface area contributed by atoms with Gasteiger partial charge in [-0.2, -0.15) is 0 Å². The zero-order valence-corrected chi connectivity index (χ0v) is 11.6. The van der Waals surface area contributed by atoms with Crippen molar-refractivity contribution < 1.29 is 14.3 Å². The minimum Gasteiger partial charge on any atom is -0.501 e. The molecule has 0 atom stereocenters. The molecule has 0 bridgehead atoms. The van der Waals surface area contributed by atoms with E-state index in [1.165, 1.54) is 0 Å². The maximum Gasteiger partial charge on any atom is 0.356 e. The first-order chi connectivity index (χ1) is 9.74. The van der Waals surface area contributed by atoms with Gasteiger partial charge in [-0.15, -0.1) is 0 Å². The molecule has 0 aliphatic rings. The summed E-state index contributed by atoms with van der Waals surface area (Å²) in [5.41, 5.74) is 1.33. The molecule has 2 aromatic rings. The molecule has 0 unspecified atom stereocenters. The van der Waals surface area contributed by atoms with Gasteiger partial charge in [-0.05, 0) is 43.0 Å². The molecule has 0 saturated carbocycles. The second-order valence-electron chi connectivity index (χ2n) is 4.15. The van der Waals surface area contributed by atoms with Crippen molar-refractivity contribution in [1.82, 2.24) is 4.98 Å². The van der Waals surface area contributed by atoms with E-state index >= 15 is 0 Å². The van der Waals surface area contributed by atoms with Crippen LogP contribution in [0.15, 0.2) is 36.7 Å². The van der Waals surface area contributed by atoms with Gasteiger partial charge in [-0.1, -0.05) is 12.1 Å². The third-order valence-corrected chi connectivity index (χ3v) is 2.75. The average molecular weight is 271 g/mol. The van der Waals surface area contributed by atoms with Gasteiger partial charge < -0.3 is 9.47 Å². The monoisotopic (exact) mass is 271 g/mol. The van der Waals surface area contributed by atoms with Crippen LogP contribution in [0, 0.1) is 0 Å². The predicted octanol–water partition coefficient (Wildman–Crippen LogP) is 3.42. The first-order valence-electron chi connectivity index (χ1n) is 6.59. The number of fused-ring (bicyclic) bond motifs is 1. The van der Waals surface area contributed by atoms with Crippen LogP contribution in [0.2, 0.25) is 0 Å². The second kappa shape index (κ2) is 6.70. The summed E-state index contributed by atoms with van der Waals surface area (Å²) in [6.07, 6.45) is 5.22.